The van der Waals surface area contributed by atoms with E-state index in [4.69, 9.17) is 9.97 Å². The average molecular weight is 447 g/mol. The van der Waals surface area contributed by atoms with Crippen molar-refractivity contribution in [2.45, 2.75) is 12.8 Å². The Morgan fingerprint density at radius 2 is 1.60 bits per heavy atom. The molecule has 0 spiro atoms. The molecule has 0 N–H and O–H groups in total. The third-order valence-corrected chi connectivity index (χ3v) is 7.95. The van der Waals surface area contributed by atoms with Crippen LogP contribution in [0.2, 0.25) is 0 Å². The molecule has 2 aliphatic rings. The minimum atomic E-state index is 0.912. The quantitative estimate of drug-likeness (QED) is 0.243. The van der Waals surface area contributed by atoms with Gasteiger partial charge < -0.3 is 0 Å². The highest BCUT2D eigenvalue weighted by Gasteiger charge is 2.28. The van der Waals surface area contributed by atoms with Gasteiger partial charge in [0.25, 0.3) is 0 Å². The van der Waals surface area contributed by atoms with E-state index < -0.39 is 0 Å². The first-order chi connectivity index (χ1) is 17.3. The van der Waals surface area contributed by atoms with Gasteiger partial charge in [-0.3, -0.25) is 14.4 Å². The fourth-order valence-electron chi connectivity index (χ4n) is 6.47. The molecule has 0 radical (unpaired) electrons. The molecule has 35 heavy (non-hydrogen) atoms. The first-order valence-corrected chi connectivity index (χ1v) is 12.0. The van der Waals surface area contributed by atoms with Crippen LogP contribution < -0.4 is 0 Å². The summed E-state index contributed by atoms with van der Waals surface area (Å²) >= 11 is 0. The monoisotopic (exact) mass is 446 g/mol. The fraction of sp³-hybridized carbons (Fsp3) is 0.0645. The van der Waals surface area contributed by atoms with E-state index >= 15 is 0 Å². The standard InChI is InChI=1S/C31H18N4/c1-2-5-20-17(4-1)12-18-13-19-14-25-21(24(19)15-23(18)20)7-8-27-30(25)35-28-9-11-32-16-26(28)22-6-3-10-33-29(22)31(35)34-27/h1-11,13,15-16H,12,14H2. The van der Waals surface area contributed by atoms with Crippen LogP contribution in [0.15, 0.2) is 85.3 Å². The zero-order chi connectivity index (χ0) is 22.7. The smallest absolute Gasteiger partial charge is 0.165 e. The number of imidazole rings is 1. The molecule has 0 amide bonds. The summed E-state index contributed by atoms with van der Waals surface area (Å²) in [5.74, 6) is 0. The Morgan fingerprint density at radius 1 is 0.686 bits per heavy atom. The fourth-order valence-corrected chi connectivity index (χ4v) is 6.47. The lowest BCUT2D eigenvalue weighted by molar-refractivity contribution is 1.20. The molecule has 0 saturated carbocycles. The molecule has 4 aromatic heterocycles. The minimum absolute atomic E-state index is 0.912. The second-order valence-electron chi connectivity index (χ2n) is 9.70. The van der Waals surface area contributed by atoms with Gasteiger partial charge in [-0.25, -0.2) is 4.98 Å². The van der Waals surface area contributed by atoms with Crippen LogP contribution in [0.25, 0.3) is 60.7 Å². The van der Waals surface area contributed by atoms with Gasteiger partial charge in [-0.1, -0.05) is 42.5 Å². The third-order valence-electron chi connectivity index (χ3n) is 7.95. The van der Waals surface area contributed by atoms with Gasteiger partial charge in [-0.15, -0.1) is 0 Å². The summed E-state index contributed by atoms with van der Waals surface area (Å²) in [5.41, 5.74) is 16.3. The van der Waals surface area contributed by atoms with E-state index in [1.165, 1.54) is 50.0 Å². The van der Waals surface area contributed by atoms with E-state index in [-0.39, 0.29) is 0 Å². The topological polar surface area (TPSA) is 43.1 Å². The number of nitrogens with zero attached hydrogens (tertiary/aromatic N) is 4. The van der Waals surface area contributed by atoms with Crippen molar-refractivity contribution in [1.82, 2.24) is 19.4 Å². The predicted molar refractivity (Wildman–Crippen MR) is 140 cm³/mol. The second kappa shape index (κ2) is 6.10. The predicted octanol–water partition coefficient (Wildman–Crippen LogP) is 6.73. The molecule has 3 aromatic carbocycles. The second-order valence-corrected chi connectivity index (χ2v) is 9.70. The van der Waals surface area contributed by atoms with Crippen molar-refractivity contribution in [2.24, 2.45) is 0 Å². The number of benzene rings is 3. The van der Waals surface area contributed by atoms with E-state index in [1.54, 1.807) is 0 Å². The number of pyridine rings is 3. The lowest BCUT2D eigenvalue weighted by atomic mass is 9.98. The summed E-state index contributed by atoms with van der Waals surface area (Å²) < 4.78 is 2.31. The van der Waals surface area contributed by atoms with Crippen molar-refractivity contribution < 1.29 is 0 Å². The Balaban J connectivity index is 1.40. The van der Waals surface area contributed by atoms with Crippen LogP contribution in [0.1, 0.15) is 22.3 Å². The van der Waals surface area contributed by atoms with Crippen LogP contribution in [0, 0.1) is 0 Å². The van der Waals surface area contributed by atoms with E-state index in [1.807, 2.05) is 24.7 Å². The number of rotatable bonds is 0. The molecule has 9 rings (SSSR count). The molecule has 4 heterocycles. The van der Waals surface area contributed by atoms with Crippen molar-refractivity contribution in [3.8, 4) is 22.3 Å². The highest BCUT2D eigenvalue weighted by molar-refractivity contribution is 6.12. The number of hydrogen-bond acceptors (Lipinski definition) is 3. The van der Waals surface area contributed by atoms with E-state index in [2.05, 4.69) is 70.0 Å². The first-order valence-electron chi connectivity index (χ1n) is 12.0. The van der Waals surface area contributed by atoms with Crippen LogP contribution in [0.4, 0.5) is 0 Å². The first kappa shape index (κ1) is 17.8. The summed E-state index contributed by atoms with van der Waals surface area (Å²) in [4.78, 5) is 14.3. The van der Waals surface area contributed by atoms with Gasteiger partial charge in [0, 0.05) is 35.8 Å². The van der Waals surface area contributed by atoms with E-state index in [9.17, 15) is 0 Å². The summed E-state index contributed by atoms with van der Waals surface area (Å²) in [6.07, 6.45) is 7.62. The van der Waals surface area contributed by atoms with Gasteiger partial charge in [-0.2, -0.15) is 0 Å². The van der Waals surface area contributed by atoms with Crippen LogP contribution in [-0.2, 0) is 12.8 Å². The van der Waals surface area contributed by atoms with Gasteiger partial charge in [0.05, 0.1) is 16.6 Å². The highest BCUT2D eigenvalue weighted by atomic mass is 15.0. The Labute approximate surface area is 200 Å². The normalized spacial score (nSPS) is 13.5. The Kier molecular flexibility index (Phi) is 3.11. The zero-order valence-corrected chi connectivity index (χ0v) is 18.8. The highest BCUT2D eigenvalue weighted by Crippen LogP contribution is 2.47. The largest absolute Gasteiger partial charge is 0.290 e. The van der Waals surface area contributed by atoms with Gasteiger partial charge >= 0.3 is 0 Å². The van der Waals surface area contributed by atoms with E-state index in [0.717, 1.165) is 45.8 Å². The number of hydrogen-bond donors (Lipinski definition) is 0. The molecule has 7 aromatic rings. The molecule has 0 aliphatic heterocycles. The third kappa shape index (κ3) is 2.15. The molecular formula is C31H18N4. The molecule has 2 aliphatic carbocycles. The van der Waals surface area contributed by atoms with Crippen molar-refractivity contribution in [3.63, 3.8) is 0 Å². The SMILES string of the molecule is c1ccc2c(c1)Cc1cc3c(cc1-2)-c1ccc2nc4c5ncccc5c5cnccc5n4c2c1C3. The van der Waals surface area contributed by atoms with Gasteiger partial charge in [0.1, 0.15) is 5.52 Å². The molecule has 0 bridgehead atoms. The average Bonchev–Trinajstić information content (AvgIpc) is 3.58. The van der Waals surface area contributed by atoms with Crippen LogP contribution in [-0.4, -0.2) is 19.4 Å². The zero-order valence-electron chi connectivity index (χ0n) is 18.8. The summed E-state index contributed by atoms with van der Waals surface area (Å²) in [5, 5.41) is 2.19. The summed E-state index contributed by atoms with van der Waals surface area (Å²) in [6.45, 7) is 0. The molecule has 4 nitrogen and oxygen atoms in total. The Bertz CT molecular complexity index is 2070. The molecule has 162 valence electrons. The maximum atomic E-state index is 5.11. The van der Waals surface area contributed by atoms with Gasteiger partial charge in [0.2, 0.25) is 0 Å². The summed E-state index contributed by atoms with van der Waals surface area (Å²) in [6, 6.07) is 24.3. The van der Waals surface area contributed by atoms with Crippen molar-refractivity contribution in [2.75, 3.05) is 0 Å². The Hall–Kier alpha value is -4.57. The number of aromatic nitrogens is 4. The molecule has 0 saturated heterocycles. The molecule has 0 atom stereocenters. The lowest BCUT2D eigenvalue weighted by Gasteiger charge is -2.09. The molecular weight excluding hydrogens is 428 g/mol. The Morgan fingerprint density at radius 3 is 2.60 bits per heavy atom. The summed E-state index contributed by atoms with van der Waals surface area (Å²) in [7, 11) is 0. The maximum Gasteiger partial charge on any atom is 0.165 e. The molecule has 0 fully saturated rings. The van der Waals surface area contributed by atoms with E-state index in [0.29, 0.717) is 0 Å². The minimum Gasteiger partial charge on any atom is -0.290 e. The van der Waals surface area contributed by atoms with Crippen LogP contribution in [0.3, 0.4) is 0 Å². The molecule has 0 unspecified atom stereocenters. The van der Waals surface area contributed by atoms with Gasteiger partial charge in [0.15, 0.2) is 5.65 Å². The maximum absolute atomic E-state index is 5.11. The number of fused-ring (bicyclic) bond motifs is 15. The van der Waals surface area contributed by atoms with Crippen LogP contribution in [0.5, 0.6) is 0 Å². The lowest BCUT2D eigenvalue weighted by Crippen LogP contribution is -1.95. The van der Waals surface area contributed by atoms with Crippen molar-refractivity contribution >= 4 is 38.5 Å². The van der Waals surface area contributed by atoms with Crippen molar-refractivity contribution in [3.05, 3.63) is 108 Å². The van der Waals surface area contributed by atoms with Crippen LogP contribution >= 0.6 is 0 Å². The van der Waals surface area contributed by atoms with Crippen molar-refractivity contribution in [1.29, 1.82) is 0 Å². The van der Waals surface area contributed by atoms with Gasteiger partial charge in [-0.05, 0) is 75.2 Å². The molecule has 4 heteroatoms.